The summed E-state index contributed by atoms with van der Waals surface area (Å²) in [5.74, 6) is -1.11. The Kier molecular flexibility index (Phi) is 5.43. The van der Waals surface area contributed by atoms with Gasteiger partial charge in [-0.05, 0) is 54.1 Å². The predicted molar refractivity (Wildman–Crippen MR) is 107 cm³/mol. The molecule has 3 rings (SSSR count). The fraction of sp³-hybridized carbons (Fsp3) is 0.100. The van der Waals surface area contributed by atoms with Gasteiger partial charge in [-0.3, -0.25) is 9.59 Å². The van der Waals surface area contributed by atoms with Gasteiger partial charge in [-0.2, -0.15) is 4.72 Å². The van der Waals surface area contributed by atoms with Crippen LogP contribution in [-0.2, 0) is 14.8 Å². The van der Waals surface area contributed by atoms with E-state index in [0.717, 1.165) is 10.8 Å². The molecular formula is C20H19N3O4S. The largest absolute Gasteiger partial charge is 0.366 e. The van der Waals surface area contributed by atoms with Crippen molar-refractivity contribution in [3.63, 3.8) is 0 Å². The van der Waals surface area contributed by atoms with Crippen LogP contribution in [0.25, 0.3) is 10.8 Å². The topological polar surface area (TPSA) is 118 Å². The highest BCUT2D eigenvalue weighted by Crippen LogP contribution is 2.19. The number of benzene rings is 3. The van der Waals surface area contributed by atoms with E-state index in [-0.39, 0.29) is 4.90 Å². The van der Waals surface area contributed by atoms with Gasteiger partial charge in [0.15, 0.2) is 0 Å². The van der Waals surface area contributed by atoms with Crippen LogP contribution in [-0.4, -0.2) is 26.3 Å². The van der Waals surface area contributed by atoms with Crippen LogP contribution >= 0.6 is 0 Å². The second kappa shape index (κ2) is 7.79. The van der Waals surface area contributed by atoms with E-state index in [1.54, 1.807) is 12.1 Å². The van der Waals surface area contributed by atoms with E-state index in [9.17, 15) is 18.0 Å². The Morgan fingerprint density at radius 1 is 0.929 bits per heavy atom. The third-order valence-electron chi connectivity index (χ3n) is 4.19. The van der Waals surface area contributed by atoms with Crippen molar-refractivity contribution in [1.82, 2.24) is 4.72 Å². The molecule has 0 heterocycles. The maximum atomic E-state index is 12.6. The van der Waals surface area contributed by atoms with Crippen molar-refractivity contribution < 1.29 is 18.0 Å². The van der Waals surface area contributed by atoms with Gasteiger partial charge in [0.25, 0.3) is 0 Å². The summed E-state index contributed by atoms with van der Waals surface area (Å²) in [5.41, 5.74) is 5.90. The standard InChI is InChI=1S/C20H19N3O4S/c1-13(20(25)22-17-9-6-15(7-10-17)19(21)24)23-28(26,27)18-11-8-14-4-2-3-5-16(14)12-18/h2-13,23H,1H3,(H2,21,24)(H,22,25)/t13-/m0/s1. The zero-order chi connectivity index (χ0) is 20.3. The molecule has 0 bridgehead atoms. The Bertz CT molecular complexity index is 1140. The predicted octanol–water partition coefficient (Wildman–Crippen LogP) is 2.24. The number of hydrogen-bond acceptors (Lipinski definition) is 4. The molecule has 0 fully saturated rings. The Labute approximate surface area is 162 Å². The van der Waals surface area contributed by atoms with Crippen LogP contribution in [0.5, 0.6) is 0 Å². The van der Waals surface area contributed by atoms with E-state index in [1.807, 2.05) is 24.3 Å². The fourth-order valence-corrected chi connectivity index (χ4v) is 3.90. The molecule has 7 nitrogen and oxygen atoms in total. The number of carbonyl (C=O) groups excluding carboxylic acids is 2. The molecule has 28 heavy (non-hydrogen) atoms. The summed E-state index contributed by atoms with van der Waals surface area (Å²) in [6.07, 6.45) is 0. The van der Waals surface area contributed by atoms with E-state index in [4.69, 9.17) is 5.73 Å². The second-order valence-electron chi connectivity index (χ2n) is 6.28. The number of nitrogens with two attached hydrogens (primary N) is 1. The third-order valence-corrected chi connectivity index (χ3v) is 5.73. The molecule has 0 unspecified atom stereocenters. The van der Waals surface area contributed by atoms with Crippen LogP contribution in [0.1, 0.15) is 17.3 Å². The Balaban J connectivity index is 1.71. The van der Waals surface area contributed by atoms with Crippen LogP contribution in [0.3, 0.4) is 0 Å². The SMILES string of the molecule is C[C@H](NS(=O)(=O)c1ccc2ccccc2c1)C(=O)Nc1ccc(C(N)=O)cc1. The molecule has 4 N–H and O–H groups in total. The van der Waals surface area contributed by atoms with Gasteiger partial charge in [-0.1, -0.05) is 30.3 Å². The number of rotatable bonds is 6. The number of hydrogen-bond donors (Lipinski definition) is 3. The van der Waals surface area contributed by atoms with Gasteiger partial charge in [0.1, 0.15) is 0 Å². The van der Waals surface area contributed by atoms with Crippen molar-refractivity contribution in [1.29, 1.82) is 0 Å². The number of amides is 2. The van der Waals surface area contributed by atoms with Crippen molar-refractivity contribution in [2.75, 3.05) is 5.32 Å². The van der Waals surface area contributed by atoms with Gasteiger partial charge in [0.05, 0.1) is 10.9 Å². The van der Waals surface area contributed by atoms with E-state index >= 15 is 0 Å². The molecule has 3 aromatic rings. The van der Waals surface area contributed by atoms with Gasteiger partial charge >= 0.3 is 0 Å². The lowest BCUT2D eigenvalue weighted by Gasteiger charge is -2.15. The Morgan fingerprint density at radius 3 is 2.21 bits per heavy atom. The summed E-state index contributed by atoms with van der Waals surface area (Å²) in [5, 5.41) is 4.31. The van der Waals surface area contributed by atoms with Gasteiger partial charge in [-0.15, -0.1) is 0 Å². The molecule has 8 heteroatoms. The van der Waals surface area contributed by atoms with Crippen molar-refractivity contribution in [2.45, 2.75) is 17.9 Å². The molecule has 0 saturated heterocycles. The molecule has 0 aliphatic rings. The molecule has 0 aromatic heterocycles. The third kappa shape index (κ3) is 4.36. The minimum Gasteiger partial charge on any atom is -0.366 e. The molecule has 3 aromatic carbocycles. The first-order valence-corrected chi connectivity index (χ1v) is 9.96. The van der Waals surface area contributed by atoms with E-state index in [1.165, 1.54) is 37.3 Å². The smallest absolute Gasteiger partial charge is 0.248 e. The molecule has 0 aliphatic heterocycles. The van der Waals surface area contributed by atoms with Crippen LogP contribution in [0, 0.1) is 0 Å². The zero-order valence-corrected chi connectivity index (χ0v) is 15.9. The van der Waals surface area contributed by atoms with Crippen molar-refractivity contribution in [3.8, 4) is 0 Å². The number of sulfonamides is 1. The van der Waals surface area contributed by atoms with Crippen LogP contribution < -0.4 is 15.8 Å². The first-order chi connectivity index (χ1) is 13.3. The number of anilines is 1. The summed E-state index contributed by atoms with van der Waals surface area (Å²) < 4.78 is 27.6. The summed E-state index contributed by atoms with van der Waals surface area (Å²) >= 11 is 0. The first-order valence-electron chi connectivity index (χ1n) is 8.48. The molecule has 0 spiro atoms. The Hall–Kier alpha value is -3.23. The molecule has 2 amide bonds. The summed E-state index contributed by atoms with van der Waals surface area (Å²) in [7, 11) is -3.88. The van der Waals surface area contributed by atoms with Crippen LogP contribution in [0.2, 0.25) is 0 Å². The molecule has 144 valence electrons. The maximum Gasteiger partial charge on any atom is 0.248 e. The quantitative estimate of drug-likeness (QED) is 0.591. The summed E-state index contributed by atoms with van der Waals surface area (Å²) in [4.78, 5) is 23.5. The van der Waals surface area contributed by atoms with E-state index in [0.29, 0.717) is 11.3 Å². The monoisotopic (exact) mass is 397 g/mol. The summed E-state index contributed by atoms with van der Waals surface area (Å²) in [6, 6.07) is 17.2. The molecule has 0 aliphatic carbocycles. The second-order valence-corrected chi connectivity index (χ2v) is 8.00. The number of primary amides is 1. The van der Waals surface area contributed by atoms with Gasteiger partial charge in [-0.25, -0.2) is 8.42 Å². The highest BCUT2D eigenvalue weighted by atomic mass is 32.2. The number of fused-ring (bicyclic) bond motifs is 1. The van der Waals surface area contributed by atoms with Crippen molar-refractivity contribution in [3.05, 3.63) is 72.3 Å². The average molecular weight is 397 g/mol. The summed E-state index contributed by atoms with van der Waals surface area (Å²) in [6.45, 7) is 1.45. The zero-order valence-electron chi connectivity index (χ0n) is 15.0. The lowest BCUT2D eigenvalue weighted by atomic mass is 10.1. The molecule has 1 atom stereocenters. The van der Waals surface area contributed by atoms with E-state index in [2.05, 4.69) is 10.0 Å². The molecule has 0 radical (unpaired) electrons. The lowest BCUT2D eigenvalue weighted by Crippen LogP contribution is -2.41. The average Bonchev–Trinajstić information content (AvgIpc) is 2.67. The highest BCUT2D eigenvalue weighted by Gasteiger charge is 2.22. The number of nitrogens with one attached hydrogen (secondary N) is 2. The lowest BCUT2D eigenvalue weighted by molar-refractivity contribution is -0.117. The van der Waals surface area contributed by atoms with Gasteiger partial charge in [0, 0.05) is 11.3 Å². The van der Waals surface area contributed by atoms with Gasteiger partial charge < -0.3 is 11.1 Å². The van der Waals surface area contributed by atoms with Crippen molar-refractivity contribution in [2.24, 2.45) is 5.73 Å². The highest BCUT2D eigenvalue weighted by molar-refractivity contribution is 7.89. The van der Waals surface area contributed by atoms with Gasteiger partial charge in [0.2, 0.25) is 21.8 Å². The minimum atomic E-state index is -3.88. The van der Waals surface area contributed by atoms with Crippen LogP contribution in [0.15, 0.2) is 71.6 Å². The van der Waals surface area contributed by atoms with E-state index < -0.39 is 27.9 Å². The fourth-order valence-electron chi connectivity index (χ4n) is 2.66. The molecule has 0 saturated carbocycles. The van der Waals surface area contributed by atoms with Crippen molar-refractivity contribution >= 4 is 38.3 Å². The van der Waals surface area contributed by atoms with Crippen LogP contribution in [0.4, 0.5) is 5.69 Å². The normalized spacial score (nSPS) is 12.5. The number of carbonyl (C=O) groups is 2. The first kappa shape index (κ1) is 19.5. The minimum absolute atomic E-state index is 0.0802. The Morgan fingerprint density at radius 2 is 1.57 bits per heavy atom. The molecular weight excluding hydrogens is 378 g/mol. The maximum absolute atomic E-state index is 12.6.